The predicted molar refractivity (Wildman–Crippen MR) is 49.4 cm³/mol. The first kappa shape index (κ1) is 8.45. The zero-order valence-corrected chi connectivity index (χ0v) is 7.42. The molecular weight excluding hydrogens is 164 g/mol. The van der Waals surface area contributed by atoms with Gasteiger partial charge in [-0.25, -0.2) is 0 Å². The van der Waals surface area contributed by atoms with Gasteiger partial charge in [-0.2, -0.15) is 0 Å². The van der Waals surface area contributed by atoms with Crippen LogP contribution in [0.1, 0.15) is 23.1 Å². The summed E-state index contributed by atoms with van der Waals surface area (Å²) in [4.78, 5) is 11.2. The first-order valence-corrected chi connectivity index (χ1v) is 4.53. The van der Waals surface area contributed by atoms with E-state index in [-0.39, 0.29) is 6.61 Å². The van der Waals surface area contributed by atoms with E-state index in [1.54, 1.807) is 0 Å². The number of ketones is 1. The first-order valence-electron chi connectivity index (χ1n) is 4.53. The van der Waals surface area contributed by atoms with Crippen LogP contribution in [0.3, 0.4) is 0 Å². The summed E-state index contributed by atoms with van der Waals surface area (Å²) in [6.07, 6.45) is 2.08. The third-order valence-electron chi connectivity index (χ3n) is 2.51. The molecule has 0 bridgehead atoms. The van der Waals surface area contributed by atoms with Crippen molar-refractivity contribution in [3.63, 3.8) is 0 Å². The summed E-state index contributed by atoms with van der Waals surface area (Å²) in [6.45, 7) is 0.0570. The third kappa shape index (κ3) is 1.63. The topological polar surface area (TPSA) is 37.3 Å². The summed E-state index contributed by atoms with van der Waals surface area (Å²) in [5.41, 5.74) is 3.26. The van der Waals surface area contributed by atoms with Gasteiger partial charge in [0.05, 0.1) is 6.61 Å². The van der Waals surface area contributed by atoms with Crippen LogP contribution >= 0.6 is 0 Å². The Kier molecular flexibility index (Phi) is 2.15. The Hall–Kier alpha value is -1.15. The lowest BCUT2D eigenvalue weighted by atomic mass is 9.90. The summed E-state index contributed by atoms with van der Waals surface area (Å²) < 4.78 is 0. The second-order valence-corrected chi connectivity index (χ2v) is 3.48. The van der Waals surface area contributed by atoms with Gasteiger partial charge in [-0.05, 0) is 23.1 Å². The number of benzene rings is 1. The van der Waals surface area contributed by atoms with Crippen molar-refractivity contribution in [3.8, 4) is 0 Å². The van der Waals surface area contributed by atoms with Gasteiger partial charge in [0, 0.05) is 12.8 Å². The fraction of sp³-hybridized carbons (Fsp3) is 0.364. The van der Waals surface area contributed by atoms with Gasteiger partial charge in [0.15, 0.2) is 0 Å². The van der Waals surface area contributed by atoms with E-state index in [9.17, 15) is 4.79 Å². The Bertz CT molecular complexity index is 342. The molecule has 0 radical (unpaired) electrons. The van der Waals surface area contributed by atoms with Gasteiger partial charge in [-0.15, -0.1) is 0 Å². The number of fused-ring (bicyclic) bond motifs is 1. The molecule has 0 atom stereocenters. The van der Waals surface area contributed by atoms with Crippen LogP contribution in [0.2, 0.25) is 0 Å². The minimum absolute atomic E-state index is 0.0570. The lowest BCUT2D eigenvalue weighted by Crippen LogP contribution is -2.13. The molecule has 0 amide bonds. The van der Waals surface area contributed by atoms with E-state index in [0.717, 1.165) is 17.5 Å². The Balaban J connectivity index is 2.38. The van der Waals surface area contributed by atoms with E-state index in [2.05, 4.69) is 0 Å². The van der Waals surface area contributed by atoms with Crippen molar-refractivity contribution in [2.45, 2.75) is 25.9 Å². The van der Waals surface area contributed by atoms with Crippen molar-refractivity contribution < 1.29 is 9.90 Å². The minimum Gasteiger partial charge on any atom is -0.392 e. The largest absolute Gasteiger partial charge is 0.392 e. The van der Waals surface area contributed by atoms with Gasteiger partial charge >= 0.3 is 0 Å². The molecule has 0 heterocycles. The van der Waals surface area contributed by atoms with Crippen LogP contribution in [0.5, 0.6) is 0 Å². The average molecular weight is 176 g/mol. The molecular formula is C11H12O2. The monoisotopic (exact) mass is 176 g/mol. The van der Waals surface area contributed by atoms with E-state index in [1.165, 1.54) is 5.56 Å². The zero-order chi connectivity index (χ0) is 9.26. The molecule has 0 spiro atoms. The number of Topliss-reactive ketones (excluding diaryl/α,β-unsaturated/α-hetero) is 1. The van der Waals surface area contributed by atoms with Gasteiger partial charge in [-0.1, -0.05) is 18.2 Å². The fourth-order valence-electron chi connectivity index (χ4n) is 1.76. The van der Waals surface area contributed by atoms with Gasteiger partial charge in [0.2, 0.25) is 0 Å². The van der Waals surface area contributed by atoms with Crippen LogP contribution in [-0.4, -0.2) is 10.9 Å². The highest BCUT2D eigenvalue weighted by Gasteiger charge is 2.15. The predicted octanol–water partition coefficient (Wildman–Crippen LogP) is 1.24. The second-order valence-electron chi connectivity index (χ2n) is 3.48. The van der Waals surface area contributed by atoms with E-state index in [1.807, 2.05) is 18.2 Å². The quantitative estimate of drug-likeness (QED) is 0.699. The Morgan fingerprint density at radius 3 is 2.85 bits per heavy atom. The van der Waals surface area contributed by atoms with Crippen molar-refractivity contribution >= 4 is 5.78 Å². The van der Waals surface area contributed by atoms with E-state index in [4.69, 9.17) is 5.11 Å². The zero-order valence-electron chi connectivity index (χ0n) is 7.42. The lowest BCUT2D eigenvalue weighted by molar-refractivity contribution is -0.118. The van der Waals surface area contributed by atoms with Crippen LogP contribution in [-0.2, 0) is 24.2 Å². The molecule has 2 nitrogen and oxygen atoms in total. The minimum atomic E-state index is 0.0570. The molecule has 0 saturated carbocycles. The second kappa shape index (κ2) is 3.30. The number of aliphatic hydroxyl groups is 1. The molecule has 0 unspecified atom stereocenters. The first-order chi connectivity index (χ1) is 6.29. The maximum Gasteiger partial charge on any atom is 0.137 e. The lowest BCUT2D eigenvalue weighted by Gasteiger charge is -2.15. The summed E-state index contributed by atoms with van der Waals surface area (Å²) in [6, 6.07) is 5.88. The van der Waals surface area contributed by atoms with Crippen LogP contribution in [0.15, 0.2) is 18.2 Å². The standard InChI is InChI=1S/C11H12O2/c12-7-8-1-2-9-3-4-11(13)6-10(9)5-8/h1-2,5,12H,3-4,6-7H2. The number of carbonyl (C=O) groups is 1. The number of rotatable bonds is 1. The van der Waals surface area contributed by atoms with Crippen molar-refractivity contribution in [1.82, 2.24) is 0 Å². The number of aliphatic hydroxyl groups excluding tert-OH is 1. The maximum atomic E-state index is 11.2. The molecule has 1 aliphatic carbocycles. The fourth-order valence-corrected chi connectivity index (χ4v) is 1.76. The van der Waals surface area contributed by atoms with Crippen LogP contribution in [0.4, 0.5) is 0 Å². The SMILES string of the molecule is O=C1CCc2ccc(CO)cc2C1. The van der Waals surface area contributed by atoms with Gasteiger partial charge < -0.3 is 5.11 Å². The summed E-state index contributed by atoms with van der Waals surface area (Å²) in [5.74, 6) is 0.308. The molecule has 13 heavy (non-hydrogen) atoms. The highest BCUT2D eigenvalue weighted by atomic mass is 16.3. The molecule has 68 valence electrons. The molecule has 1 aromatic carbocycles. The van der Waals surface area contributed by atoms with E-state index < -0.39 is 0 Å². The number of hydrogen-bond donors (Lipinski definition) is 1. The van der Waals surface area contributed by atoms with E-state index in [0.29, 0.717) is 18.6 Å². The highest BCUT2D eigenvalue weighted by Crippen LogP contribution is 2.20. The normalized spacial score (nSPS) is 15.6. The smallest absolute Gasteiger partial charge is 0.137 e. The summed E-state index contributed by atoms with van der Waals surface area (Å²) in [7, 11) is 0. The van der Waals surface area contributed by atoms with Crippen molar-refractivity contribution in [1.29, 1.82) is 0 Å². The van der Waals surface area contributed by atoms with Crippen molar-refractivity contribution in [2.24, 2.45) is 0 Å². The van der Waals surface area contributed by atoms with Crippen LogP contribution in [0.25, 0.3) is 0 Å². The number of aryl methyl sites for hydroxylation is 1. The Morgan fingerprint density at radius 1 is 1.23 bits per heavy atom. The van der Waals surface area contributed by atoms with Crippen molar-refractivity contribution in [2.75, 3.05) is 0 Å². The molecule has 1 aliphatic rings. The molecule has 1 N–H and O–H groups in total. The highest BCUT2D eigenvalue weighted by molar-refractivity contribution is 5.83. The van der Waals surface area contributed by atoms with Gasteiger partial charge in [0.25, 0.3) is 0 Å². The van der Waals surface area contributed by atoms with E-state index >= 15 is 0 Å². The Morgan fingerprint density at radius 2 is 2.08 bits per heavy atom. The molecule has 2 rings (SSSR count). The Labute approximate surface area is 77.2 Å². The van der Waals surface area contributed by atoms with Crippen LogP contribution in [0, 0.1) is 0 Å². The van der Waals surface area contributed by atoms with Crippen molar-refractivity contribution in [3.05, 3.63) is 34.9 Å². The molecule has 1 aromatic rings. The average Bonchev–Trinajstić information content (AvgIpc) is 2.16. The van der Waals surface area contributed by atoms with Gasteiger partial charge in [-0.3, -0.25) is 4.79 Å². The number of carbonyl (C=O) groups excluding carboxylic acids is 1. The molecule has 0 aliphatic heterocycles. The molecule has 2 heteroatoms. The molecule has 0 fully saturated rings. The summed E-state index contributed by atoms with van der Waals surface area (Å²) >= 11 is 0. The molecule has 0 aromatic heterocycles. The number of hydrogen-bond acceptors (Lipinski definition) is 2. The van der Waals surface area contributed by atoms with Gasteiger partial charge in [0.1, 0.15) is 5.78 Å². The van der Waals surface area contributed by atoms with Crippen LogP contribution < -0.4 is 0 Å². The maximum absolute atomic E-state index is 11.2. The summed E-state index contributed by atoms with van der Waals surface area (Å²) in [5, 5.41) is 8.92. The third-order valence-corrected chi connectivity index (χ3v) is 2.51. The molecule has 0 saturated heterocycles.